The van der Waals surface area contributed by atoms with Crippen molar-refractivity contribution in [3.63, 3.8) is 0 Å². The summed E-state index contributed by atoms with van der Waals surface area (Å²) in [7, 11) is -6.99. The fourth-order valence-corrected chi connectivity index (χ4v) is 6.54. The van der Waals surface area contributed by atoms with Crippen LogP contribution in [0.4, 0.5) is 0 Å². The Morgan fingerprint density at radius 3 is 1.42 bits per heavy atom. The molecule has 116 valence electrons. The van der Waals surface area contributed by atoms with Crippen LogP contribution in [-0.4, -0.2) is 31.3 Å². The Labute approximate surface area is 116 Å². The molecule has 0 bridgehead atoms. The molecule has 0 aliphatic heterocycles. The predicted octanol–water partition coefficient (Wildman–Crippen LogP) is 4.25. The molecule has 0 saturated heterocycles. The highest BCUT2D eigenvalue weighted by Gasteiger charge is 2.39. The van der Waals surface area contributed by atoms with Crippen LogP contribution in [0.15, 0.2) is 0 Å². The van der Waals surface area contributed by atoms with E-state index in [9.17, 15) is 9.13 Å². The van der Waals surface area contributed by atoms with Crippen molar-refractivity contribution in [2.45, 2.75) is 53.8 Å². The normalized spacial score (nSPS) is 13.5. The first-order chi connectivity index (χ1) is 8.66. The fraction of sp³-hybridized carbons (Fsp3) is 1.00. The SMILES string of the molecule is CCOP(=O)(CP(=O)(OC(C)C)OC(C)C)OCC. The average molecular weight is 316 g/mol. The van der Waals surface area contributed by atoms with Gasteiger partial charge in [0.15, 0.2) is 5.90 Å². The van der Waals surface area contributed by atoms with E-state index >= 15 is 0 Å². The molecule has 0 fully saturated rings. The Hall–Kier alpha value is 0.300. The van der Waals surface area contributed by atoms with E-state index in [1.54, 1.807) is 41.5 Å². The van der Waals surface area contributed by atoms with Gasteiger partial charge in [-0.15, -0.1) is 0 Å². The summed E-state index contributed by atoms with van der Waals surface area (Å²) in [4.78, 5) is 0. The molecule has 19 heavy (non-hydrogen) atoms. The van der Waals surface area contributed by atoms with Gasteiger partial charge in [-0.25, -0.2) is 0 Å². The molecule has 0 spiro atoms. The smallest absolute Gasteiger partial charge is 0.308 e. The van der Waals surface area contributed by atoms with Crippen LogP contribution in [0.1, 0.15) is 41.5 Å². The monoisotopic (exact) mass is 316 g/mol. The third kappa shape index (κ3) is 8.23. The maximum Gasteiger partial charge on any atom is 0.343 e. The Kier molecular flexibility index (Phi) is 8.69. The summed E-state index contributed by atoms with van der Waals surface area (Å²) in [5, 5.41) is 0. The summed E-state index contributed by atoms with van der Waals surface area (Å²) in [6, 6.07) is 0. The van der Waals surface area contributed by atoms with E-state index in [1.807, 2.05) is 0 Å². The highest BCUT2D eigenvalue weighted by Crippen LogP contribution is 2.64. The third-order valence-electron chi connectivity index (χ3n) is 1.74. The van der Waals surface area contributed by atoms with Crippen LogP contribution in [0.25, 0.3) is 0 Å². The lowest BCUT2D eigenvalue weighted by atomic mass is 10.5. The second-order valence-corrected chi connectivity index (χ2v) is 9.02. The van der Waals surface area contributed by atoms with Crippen molar-refractivity contribution in [3.8, 4) is 0 Å². The van der Waals surface area contributed by atoms with Gasteiger partial charge in [0.2, 0.25) is 0 Å². The van der Waals surface area contributed by atoms with Gasteiger partial charge < -0.3 is 18.1 Å². The van der Waals surface area contributed by atoms with E-state index in [2.05, 4.69) is 0 Å². The van der Waals surface area contributed by atoms with Gasteiger partial charge in [-0.2, -0.15) is 0 Å². The van der Waals surface area contributed by atoms with Crippen LogP contribution in [0.5, 0.6) is 0 Å². The summed E-state index contributed by atoms with van der Waals surface area (Å²) in [5.74, 6) is -0.363. The Balaban J connectivity index is 5.05. The lowest BCUT2D eigenvalue weighted by Crippen LogP contribution is -2.12. The summed E-state index contributed by atoms with van der Waals surface area (Å²) >= 11 is 0. The van der Waals surface area contributed by atoms with Crippen LogP contribution in [0, 0.1) is 0 Å². The molecule has 0 aliphatic carbocycles. The zero-order valence-corrected chi connectivity index (χ0v) is 14.4. The maximum absolute atomic E-state index is 12.6. The number of hydrogen-bond donors (Lipinski definition) is 0. The first-order valence-corrected chi connectivity index (χ1v) is 9.96. The van der Waals surface area contributed by atoms with Gasteiger partial charge in [-0.3, -0.25) is 9.13 Å². The summed E-state index contributed by atoms with van der Waals surface area (Å²) in [5.41, 5.74) is 0. The van der Waals surface area contributed by atoms with Crippen LogP contribution in [-0.2, 0) is 27.2 Å². The molecule has 0 N–H and O–H groups in total. The zero-order chi connectivity index (χ0) is 15.1. The predicted molar refractivity (Wildman–Crippen MR) is 75.8 cm³/mol. The van der Waals surface area contributed by atoms with Gasteiger partial charge in [0.05, 0.1) is 25.4 Å². The van der Waals surface area contributed by atoms with Crippen molar-refractivity contribution in [2.24, 2.45) is 0 Å². The zero-order valence-electron chi connectivity index (χ0n) is 12.6. The summed E-state index contributed by atoms with van der Waals surface area (Å²) < 4.78 is 46.0. The maximum atomic E-state index is 12.6. The largest absolute Gasteiger partial charge is 0.343 e. The van der Waals surface area contributed by atoms with Gasteiger partial charge >= 0.3 is 15.2 Å². The second-order valence-electron chi connectivity index (χ2n) is 4.51. The number of hydrogen-bond acceptors (Lipinski definition) is 6. The lowest BCUT2D eigenvalue weighted by molar-refractivity contribution is 0.142. The molecule has 0 aromatic rings. The van der Waals surface area contributed by atoms with Gasteiger partial charge in [0, 0.05) is 0 Å². The van der Waals surface area contributed by atoms with Crippen LogP contribution >= 0.6 is 15.2 Å². The highest BCUT2D eigenvalue weighted by molar-refractivity contribution is 7.71. The quantitative estimate of drug-likeness (QED) is 0.561. The minimum atomic E-state index is -3.53. The molecule has 0 rings (SSSR count). The Bertz CT molecular complexity index is 318. The van der Waals surface area contributed by atoms with Crippen LogP contribution in [0.3, 0.4) is 0 Å². The highest BCUT2D eigenvalue weighted by atomic mass is 31.2. The Morgan fingerprint density at radius 2 is 1.16 bits per heavy atom. The molecule has 0 unspecified atom stereocenters. The van der Waals surface area contributed by atoms with E-state index < -0.39 is 15.2 Å². The van der Waals surface area contributed by atoms with Gasteiger partial charge in [0.1, 0.15) is 0 Å². The van der Waals surface area contributed by atoms with E-state index in [0.29, 0.717) is 0 Å². The molecule has 0 saturated carbocycles. The topological polar surface area (TPSA) is 71.1 Å². The Morgan fingerprint density at radius 1 is 0.789 bits per heavy atom. The molecule has 0 radical (unpaired) electrons. The molecule has 6 nitrogen and oxygen atoms in total. The minimum absolute atomic E-state index is 0.209. The van der Waals surface area contributed by atoms with E-state index in [0.717, 1.165) is 0 Å². The van der Waals surface area contributed by atoms with Crippen molar-refractivity contribution in [1.82, 2.24) is 0 Å². The van der Waals surface area contributed by atoms with E-state index in [1.165, 1.54) is 0 Å². The standard InChI is InChI=1S/C11H26O6P2/c1-7-14-18(12,15-8-2)9-19(13,16-10(3)4)17-11(5)6/h10-11H,7-9H2,1-6H3. The molecular weight excluding hydrogens is 290 g/mol. The van der Waals surface area contributed by atoms with Gasteiger partial charge in [-0.1, -0.05) is 0 Å². The summed E-state index contributed by atoms with van der Waals surface area (Å²) in [6.07, 6.45) is -0.609. The van der Waals surface area contributed by atoms with Crippen molar-refractivity contribution in [2.75, 3.05) is 19.1 Å². The first kappa shape index (κ1) is 19.3. The lowest BCUT2D eigenvalue weighted by Gasteiger charge is -2.26. The van der Waals surface area contributed by atoms with Crippen molar-refractivity contribution in [1.29, 1.82) is 0 Å². The molecule has 0 heterocycles. The van der Waals surface area contributed by atoms with Crippen LogP contribution in [0.2, 0.25) is 0 Å². The first-order valence-electron chi connectivity index (χ1n) is 6.50. The molecular formula is C11H26O6P2. The third-order valence-corrected chi connectivity index (χ3v) is 7.30. The number of rotatable bonds is 10. The molecule has 0 atom stereocenters. The molecule has 0 aromatic heterocycles. The molecule has 0 aliphatic rings. The molecule has 8 heteroatoms. The summed E-state index contributed by atoms with van der Waals surface area (Å²) in [6.45, 7) is 10.8. The van der Waals surface area contributed by atoms with E-state index in [-0.39, 0.29) is 31.3 Å². The average Bonchev–Trinajstić information content (AvgIpc) is 2.12. The minimum Gasteiger partial charge on any atom is -0.308 e. The van der Waals surface area contributed by atoms with Crippen LogP contribution < -0.4 is 0 Å². The molecule has 0 amide bonds. The second kappa shape index (κ2) is 8.56. The van der Waals surface area contributed by atoms with Gasteiger partial charge in [0.25, 0.3) is 0 Å². The van der Waals surface area contributed by atoms with Crippen molar-refractivity contribution in [3.05, 3.63) is 0 Å². The fourth-order valence-electron chi connectivity index (χ4n) is 1.46. The van der Waals surface area contributed by atoms with E-state index in [4.69, 9.17) is 18.1 Å². The van der Waals surface area contributed by atoms with Crippen molar-refractivity contribution >= 4 is 15.2 Å². The molecule has 0 aromatic carbocycles. The van der Waals surface area contributed by atoms with Gasteiger partial charge in [-0.05, 0) is 41.5 Å². The van der Waals surface area contributed by atoms with Crippen molar-refractivity contribution < 1.29 is 27.2 Å².